The van der Waals surface area contributed by atoms with Crippen LogP contribution in [0.25, 0.3) is 0 Å². The van der Waals surface area contributed by atoms with Crippen molar-refractivity contribution in [2.24, 2.45) is 7.05 Å². The number of hydrogen-bond acceptors (Lipinski definition) is 4. The highest BCUT2D eigenvalue weighted by Crippen LogP contribution is 2.07. The maximum absolute atomic E-state index is 5.53. The number of anilines is 2. The Hall–Kier alpha value is -2.04. The topological polar surface area (TPSA) is 68.8 Å². The first-order valence-electron chi connectivity index (χ1n) is 4.67. The highest BCUT2D eigenvalue weighted by atomic mass is 15.1. The molecule has 0 bridgehead atoms. The number of nitrogen functional groups attached to an aromatic ring is 1. The fourth-order valence-electron chi connectivity index (χ4n) is 1.25. The van der Waals surface area contributed by atoms with Gasteiger partial charge in [0.1, 0.15) is 11.6 Å². The molecular weight excluding hydrogens is 190 g/mol. The smallest absolute Gasteiger partial charge is 0.127 e. The van der Waals surface area contributed by atoms with Crippen LogP contribution in [0.3, 0.4) is 0 Å². The Morgan fingerprint density at radius 2 is 2.27 bits per heavy atom. The fourth-order valence-corrected chi connectivity index (χ4v) is 1.25. The van der Waals surface area contributed by atoms with Crippen LogP contribution >= 0.6 is 0 Å². The van der Waals surface area contributed by atoms with Crippen LogP contribution in [0.2, 0.25) is 0 Å². The Balaban J connectivity index is 1.99. The van der Waals surface area contributed by atoms with E-state index in [0.29, 0.717) is 12.2 Å². The molecule has 0 fully saturated rings. The van der Waals surface area contributed by atoms with E-state index in [1.54, 1.807) is 12.4 Å². The van der Waals surface area contributed by atoms with Crippen LogP contribution in [0.15, 0.2) is 30.7 Å². The van der Waals surface area contributed by atoms with Crippen molar-refractivity contribution in [1.29, 1.82) is 0 Å². The minimum atomic E-state index is 0.653. The van der Waals surface area contributed by atoms with Gasteiger partial charge in [-0.25, -0.2) is 9.97 Å². The molecule has 0 unspecified atom stereocenters. The highest BCUT2D eigenvalue weighted by Gasteiger charge is 1.98. The number of aryl methyl sites for hydroxylation is 1. The number of rotatable bonds is 3. The predicted octanol–water partition coefficient (Wildman–Crippen LogP) is 1.01. The molecule has 0 aliphatic heterocycles. The molecule has 78 valence electrons. The fraction of sp³-hybridized carbons (Fsp3) is 0.200. The van der Waals surface area contributed by atoms with E-state index in [-0.39, 0.29) is 0 Å². The summed E-state index contributed by atoms with van der Waals surface area (Å²) < 4.78 is 1.96. The van der Waals surface area contributed by atoms with E-state index >= 15 is 0 Å². The zero-order chi connectivity index (χ0) is 10.7. The van der Waals surface area contributed by atoms with Gasteiger partial charge < -0.3 is 15.6 Å². The summed E-state index contributed by atoms with van der Waals surface area (Å²) >= 11 is 0. The zero-order valence-corrected chi connectivity index (χ0v) is 8.51. The maximum atomic E-state index is 5.53. The monoisotopic (exact) mass is 203 g/mol. The van der Waals surface area contributed by atoms with E-state index in [2.05, 4.69) is 15.3 Å². The van der Waals surface area contributed by atoms with Gasteiger partial charge in [0.25, 0.3) is 0 Å². The van der Waals surface area contributed by atoms with Crippen molar-refractivity contribution >= 4 is 11.5 Å². The van der Waals surface area contributed by atoms with Crippen molar-refractivity contribution in [2.75, 3.05) is 11.1 Å². The summed E-state index contributed by atoms with van der Waals surface area (Å²) in [5.41, 5.74) is 6.20. The van der Waals surface area contributed by atoms with E-state index in [1.807, 2.05) is 29.9 Å². The third-order valence-electron chi connectivity index (χ3n) is 2.13. The lowest BCUT2D eigenvalue weighted by molar-refractivity contribution is 0.811. The van der Waals surface area contributed by atoms with Gasteiger partial charge in [0.05, 0.1) is 18.4 Å². The summed E-state index contributed by atoms with van der Waals surface area (Å²) in [6.45, 7) is 0.653. The zero-order valence-electron chi connectivity index (χ0n) is 8.51. The average Bonchev–Trinajstić information content (AvgIpc) is 2.63. The first-order valence-corrected chi connectivity index (χ1v) is 4.67. The second kappa shape index (κ2) is 4.00. The first kappa shape index (κ1) is 9.51. The van der Waals surface area contributed by atoms with Gasteiger partial charge in [0.2, 0.25) is 0 Å². The highest BCUT2D eigenvalue weighted by molar-refractivity contribution is 5.43. The normalized spacial score (nSPS) is 10.2. The number of pyridine rings is 1. The summed E-state index contributed by atoms with van der Waals surface area (Å²) in [6.07, 6.45) is 5.31. The molecule has 0 aromatic carbocycles. The van der Waals surface area contributed by atoms with Gasteiger partial charge in [0, 0.05) is 19.4 Å². The molecule has 0 saturated heterocycles. The molecule has 2 rings (SSSR count). The molecule has 0 aliphatic rings. The van der Waals surface area contributed by atoms with Crippen LogP contribution in [0.4, 0.5) is 11.5 Å². The van der Waals surface area contributed by atoms with Crippen LogP contribution < -0.4 is 11.1 Å². The van der Waals surface area contributed by atoms with Crippen LogP contribution in [0.1, 0.15) is 5.82 Å². The van der Waals surface area contributed by atoms with Crippen LogP contribution in [0.5, 0.6) is 0 Å². The standard InChI is InChI=1S/C10H13N5/c1-15-5-4-12-10(15)7-14-9-3-2-8(11)6-13-9/h2-6H,7,11H2,1H3,(H,13,14). The Bertz CT molecular complexity index is 431. The summed E-state index contributed by atoms with van der Waals surface area (Å²) in [5, 5.41) is 3.17. The molecule has 5 heteroatoms. The number of hydrogen-bond donors (Lipinski definition) is 2. The lowest BCUT2D eigenvalue weighted by Gasteiger charge is -2.05. The molecule has 2 aromatic rings. The van der Waals surface area contributed by atoms with Crippen molar-refractivity contribution in [3.8, 4) is 0 Å². The molecule has 0 atom stereocenters. The Morgan fingerprint density at radius 1 is 1.40 bits per heavy atom. The number of aromatic nitrogens is 3. The van der Waals surface area contributed by atoms with E-state index in [9.17, 15) is 0 Å². The summed E-state index contributed by atoms with van der Waals surface area (Å²) in [6, 6.07) is 3.66. The average molecular weight is 203 g/mol. The molecule has 15 heavy (non-hydrogen) atoms. The van der Waals surface area contributed by atoms with Gasteiger partial charge in [-0.05, 0) is 12.1 Å². The van der Waals surface area contributed by atoms with Crippen LogP contribution in [-0.2, 0) is 13.6 Å². The Morgan fingerprint density at radius 3 is 2.87 bits per heavy atom. The Labute approximate surface area is 88.0 Å². The number of imidazole rings is 1. The van der Waals surface area contributed by atoms with Crippen LogP contribution in [-0.4, -0.2) is 14.5 Å². The molecule has 2 heterocycles. The molecular formula is C10H13N5. The maximum Gasteiger partial charge on any atom is 0.127 e. The largest absolute Gasteiger partial charge is 0.397 e. The van der Waals surface area contributed by atoms with E-state index in [1.165, 1.54) is 0 Å². The van der Waals surface area contributed by atoms with Gasteiger partial charge in [0.15, 0.2) is 0 Å². The lowest BCUT2D eigenvalue weighted by Crippen LogP contribution is -2.06. The van der Waals surface area contributed by atoms with E-state index < -0.39 is 0 Å². The molecule has 0 amide bonds. The van der Waals surface area contributed by atoms with Gasteiger partial charge in [-0.2, -0.15) is 0 Å². The predicted molar refractivity (Wildman–Crippen MR) is 59.2 cm³/mol. The van der Waals surface area contributed by atoms with Crippen molar-refractivity contribution in [2.45, 2.75) is 6.54 Å². The third-order valence-corrected chi connectivity index (χ3v) is 2.13. The van der Waals surface area contributed by atoms with Gasteiger partial charge in [-0.3, -0.25) is 0 Å². The van der Waals surface area contributed by atoms with Crippen molar-refractivity contribution in [1.82, 2.24) is 14.5 Å². The molecule has 0 spiro atoms. The number of nitrogens with one attached hydrogen (secondary N) is 1. The summed E-state index contributed by atoms with van der Waals surface area (Å²) in [4.78, 5) is 8.33. The van der Waals surface area contributed by atoms with Gasteiger partial charge in [-0.15, -0.1) is 0 Å². The number of nitrogens with zero attached hydrogens (tertiary/aromatic N) is 3. The molecule has 0 radical (unpaired) electrons. The van der Waals surface area contributed by atoms with Gasteiger partial charge in [-0.1, -0.05) is 0 Å². The van der Waals surface area contributed by atoms with Gasteiger partial charge >= 0.3 is 0 Å². The SMILES string of the molecule is Cn1ccnc1CNc1ccc(N)cn1. The summed E-state index contributed by atoms with van der Waals surface area (Å²) in [7, 11) is 1.96. The van der Waals surface area contributed by atoms with E-state index in [4.69, 9.17) is 5.73 Å². The lowest BCUT2D eigenvalue weighted by atomic mass is 10.4. The second-order valence-corrected chi connectivity index (χ2v) is 3.28. The Kier molecular flexibility index (Phi) is 2.53. The van der Waals surface area contributed by atoms with E-state index in [0.717, 1.165) is 11.6 Å². The van der Waals surface area contributed by atoms with Crippen LogP contribution in [0, 0.1) is 0 Å². The second-order valence-electron chi connectivity index (χ2n) is 3.28. The molecule has 0 aliphatic carbocycles. The molecule has 5 nitrogen and oxygen atoms in total. The summed E-state index contributed by atoms with van der Waals surface area (Å²) in [5.74, 6) is 1.76. The van der Waals surface area contributed by atoms with Crippen molar-refractivity contribution < 1.29 is 0 Å². The molecule has 0 saturated carbocycles. The molecule has 2 aromatic heterocycles. The minimum Gasteiger partial charge on any atom is -0.397 e. The van der Waals surface area contributed by atoms with Crippen molar-refractivity contribution in [3.05, 3.63) is 36.5 Å². The molecule has 3 N–H and O–H groups in total. The minimum absolute atomic E-state index is 0.653. The quantitative estimate of drug-likeness (QED) is 0.781. The number of nitrogens with two attached hydrogens (primary N) is 1. The third kappa shape index (κ3) is 2.25. The van der Waals surface area contributed by atoms with Crippen molar-refractivity contribution in [3.63, 3.8) is 0 Å². The first-order chi connectivity index (χ1) is 7.25.